The fraction of sp³-hybridized carbons (Fsp3) is 0.450. The van der Waals surface area contributed by atoms with Crippen molar-refractivity contribution in [1.29, 1.82) is 0 Å². The normalized spacial score (nSPS) is 17.1. The topological polar surface area (TPSA) is 37.3 Å². The van der Waals surface area contributed by atoms with Gasteiger partial charge in [0, 0.05) is 0 Å². The summed E-state index contributed by atoms with van der Waals surface area (Å²) in [5.41, 5.74) is 4.59. The monoisotopic (exact) mass is 374 g/mol. The fourth-order valence-corrected chi connectivity index (χ4v) is 4.28. The van der Waals surface area contributed by atoms with Gasteiger partial charge in [0.05, 0.1) is 0 Å². The fourth-order valence-electron chi connectivity index (χ4n) is 3.00. The third-order valence-electron chi connectivity index (χ3n) is 4.59. The Hall–Kier alpha value is -1.67. The van der Waals surface area contributed by atoms with E-state index in [4.69, 9.17) is 5.11 Å². The molecule has 0 aliphatic heterocycles. The van der Waals surface area contributed by atoms with Crippen LogP contribution in [0.4, 0.5) is 0 Å². The van der Waals surface area contributed by atoms with Crippen LogP contribution in [0.1, 0.15) is 57.2 Å². The van der Waals surface area contributed by atoms with E-state index in [1.807, 2.05) is 5.92 Å². The van der Waals surface area contributed by atoms with E-state index >= 15 is 0 Å². The summed E-state index contributed by atoms with van der Waals surface area (Å²) in [4.78, 5) is 13.4. The Morgan fingerprint density at radius 1 is 1.09 bits per heavy atom. The Bertz CT molecular complexity index is 765. The van der Waals surface area contributed by atoms with Crippen LogP contribution in [-0.2, 0) is 15.6 Å². The predicted octanol–water partition coefficient (Wildman–Crippen LogP) is 2.72. The van der Waals surface area contributed by atoms with Crippen LogP contribution in [0.2, 0.25) is 0 Å². The van der Waals surface area contributed by atoms with Gasteiger partial charge in [-0.2, -0.15) is 0 Å². The zero-order valence-corrected chi connectivity index (χ0v) is 16.0. The Labute approximate surface area is 145 Å². The standard InChI is InChI=1S/C20H22O2Se/c1-14-12-15-16(20(4,5)10-9-19(15,2)3)13-17(14)23-11-7-6-8-18(21)22/h12-13H,9-10H2,1-5H3,(H,21,22). The summed E-state index contributed by atoms with van der Waals surface area (Å²) in [5.74, 6) is 5.90. The van der Waals surface area contributed by atoms with Crippen molar-refractivity contribution in [3.05, 3.63) is 28.8 Å². The van der Waals surface area contributed by atoms with E-state index in [-0.39, 0.29) is 25.8 Å². The van der Waals surface area contributed by atoms with Gasteiger partial charge in [-0.05, 0) is 0 Å². The van der Waals surface area contributed by atoms with Gasteiger partial charge in [0.1, 0.15) is 0 Å². The van der Waals surface area contributed by atoms with Crippen LogP contribution in [0.25, 0.3) is 0 Å². The van der Waals surface area contributed by atoms with Gasteiger partial charge >= 0.3 is 145 Å². The van der Waals surface area contributed by atoms with E-state index in [1.54, 1.807) is 0 Å². The molecule has 23 heavy (non-hydrogen) atoms. The second-order valence-electron chi connectivity index (χ2n) is 7.32. The Morgan fingerprint density at radius 2 is 1.65 bits per heavy atom. The van der Waals surface area contributed by atoms with Crippen LogP contribution < -0.4 is 4.46 Å². The molecule has 3 heteroatoms. The van der Waals surface area contributed by atoms with Crippen LogP contribution >= 0.6 is 0 Å². The zero-order valence-electron chi connectivity index (χ0n) is 14.3. The number of hydrogen-bond acceptors (Lipinski definition) is 1. The molecule has 0 spiro atoms. The second-order valence-corrected chi connectivity index (χ2v) is 9.09. The summed E-state index contributed by atoms with van der Waals surface area (Å²) in [5, 5.41) is 8.48. The first-order valence-electron chi connectivity index (χ1n) is 7.70. The van der Waals surface area contributed by atoms with Gasteiger partial charge in [-0.15, -0.1) is 0 Å². The van der Waals surface area contributed by atoms with Crippen molar-refractivity contribution in [3.63, 3.8) is 0 Å². The molecule has 1 aromatic rings. The van der Waals surface area contributed by atoms with E-state index in [2.05, 4.69) is 63.4 Å². The quantitative estimate of drug-likeness (QED) is 0.607. The van der Waals surface area contributed by atoms with Crippen molar-refractivity contribution in [3.8, 4) is 22.6 Å². The molecule has 0 radical (unpaired) electrons. The van der Waals surface area contributed by atoms with Crippen molar-refractivity contribution in [2.45, 2.75) is 58.3 Å². The molecule has 2 rings (SSSR count). The molecule has 0 heterocycles. The molecule has 0 saturated heterocycles. The molecule has 0 unspecified atom stereocenters. The number of carboxylic acids is 1. The molecule has 0 aromatic heterocycles. The Kier molecular flexibility index (Phi) is 4.95. The molecular formula is C20H22O2Se. The molecule has 0 amide bonds. The molecule has 1 aliphatic carbocycles. The Balaban J connectivity index is 2.38. The molecule has 0 fully saturated rings. The average molecular weight is 373 g/mol. The second kappa shape index (κ2) is 6.45. The SMILES string of the molecule is Cc1cc2c(cc1[Se]C#CC#CC(=O)O)C(C)(C)CCC2(C)C. The van der Waals surface area contributed by atoms with Crippen LogP contribution in [-0.4, -0.2) is 26.0 Å². The van der Waals surface area contributed by atoms with Crippen molar-refractivity contribution in [2.75, 3.05) is 0 Å². The van der Waals surface area contributed by atoms with Crippen molar-refractivity contribution in [2.24, 2.45) is 0 Å². The maximum atomic E-state index is 10.3. The number of aryl methyl sites for hydroxylation is 1. The first kappa shape index (κ1) is 17.7. The van der Waals surface area contributed by atoms with E-state index < -0.39 is 5.97 Å². The average Bonchev–Trinajstić information content (AvgIpc) is 2.44. The van der Waals surface area contributed by atoms with Gasteiger partial charge in [-0.3, -0.25) is 0 Å². The van der Waals surface area contributed by atoms with E-state index in [0.29, 0.717) is 0 Å². The van der Waals surface area contributed by atoms with Crippen molar-refractivity contribution < 1.29 is 9.90 Å². The number of rotatable bonds is 1. The molecule has 0 saturated carbocycles. The first-order chi connectivity index (χ1) is 10.6. The van der Waals surface area contributed by atoms with Gasteiger partial charge in [0.25, 0.3) is 0 Å². The van der Waals surface area contributed by atoms with Crippen molar-refractivity contribution in [1.82, 2.24) is 0 Å². The number of hydrogen-bond donors (Lipinski definition) is 1. The van der Waals surface area contributed by atoms with E-state index in [1.165, 1.54) is 34.0 Å². The summed E-state index contributed by atoms with van der Waals surface area (Å²) >= 11 is -0.00995. The minimum atomic E-state index is -1.14. The molecule has 2 nitrogen and oxygen atoms in total. The summed E-state index contributed by atoms with van der Waals surface area (Å²) in [6.45, 7) is 11.4. The van der Waals surface area contributed by atoms with Crippen molar-refractivity contribution >= 4 is 25.4 Å². The third-order valence-corrected chi connectivity index (χ3v) is 6.40. The Morgan fingerprint density at radius 3 is 2.22 bits per heavy atom. The third kappa shape index (κ3) is 4.00. The molecule has 1 N–H and O–H groups in total. The molecular weight excluding hydrogens is 351 g/mol. The molecule has 120 valence electrons. The minimum absolute atomic E-state index is 0.00995. The zero-order chi connectivity index (χ0) is 17.3. The van der Waals surface area contributed by atoms with Gasteiger partial charge in [0.2, 0.25) is 0 Å². The van der Waals surface area contributed by atoms with Gasteiger partial charge in [0.15, 0.2) is 0 Å². The summed E-state index contributed by atoms with van der Waals surface area (Å²) < 4.78 is 1.27. The number of aliphatic carboxylic acids is 1. The van der Waals surface area contributed by atoms with Crippen LogP contribution in [0.5, 0.6) is 0 Å². The van der Waals surface area contributed by atoms with E-state index in [9.17, 15) is 4.79 Å². The number of carbonyl (C=O) groups is 1. The predicted molar refractivity (Wildman–Crippen MR) is 95.0 cm³/mol. The number of carboxylic acid groups (broad SMARTS) is 1. The molecule has 0 bridgehead atoms. The van der Waals surface area contributed by atoms with Gasteiger partial charge < -0.3 is 0 Å². The van der Waals surface area contributed by atoms with E-state index in [0.717, 1.165) is 0 Å². The summed E-state index contributed by atoms with van der Waals surface area (Å²) in [7, 11) is 0. The first-order valence-corrected chi connectivity index (χ1v) is 9.41. The van der Waals surface area contributed by atoms with Gasteiger partial charge in [-0.1, -0.05) is 0 Å². The van der Waals surface area contributed by atoms with Crippen LogP contribution in [0.3, 0.4) is 0 Å². The van der Waals surface area contributed by atoms with Crippen LogP contribution in [0.15, 0.2) is 12.1 Å². The molecule has 1 aliphatic rings. The van der Waals surface area contributed by atoms with Gasteiger partial charge in [-0.25, -0.2) is 0 Å². The molecule has 1 aromatic carbocycles. The summed E-state index contributed by atoms with van der Waals surface area (Å²) in [6.07, 6.45) is 2.40. The molecule has 0 atom stereocenters. The summed E-state index contributed by atoms with van der Waals surface area (Å²) in [6, 6.07) is 4.66. The number of fused-ring (bicyclic) bond motifs is 1. The van der Waals surface area contributed by atoms with Crippen LogP contribution in [0, 0.1) is 29.5 Å². The maximum absolute atomic E-state index is 10.3. The number of benzene rings is 1.